The van der Waals surface area contributed by atoms with Crippen LogP contribution >= 0.6 is 23.2 Å². The Labute approximate surface area is 117 Å². The predicted octanol–water partition coefficient (Wildman–Crippen LogP) is 5.26. The molecule has 0 bridgehead atoms. The molecule has 0 aromatic heterocycles. The van der Waals surface area contributed by atoms with Gasteiger partial charge in [-0.25, -0.2) is 0 Å². The maximum absolute atomic E-state index is 12.9. The Morgan fingerprint density at radius 2 is 1.58 bits per heavy atom. The van der Waals surface area contributed by atoms with Crippen LogP contribution in [-0.4, -0.2) is 0 Å². The fraction of sp³-hybridized carbons (Fsp3) is 0.0769. The third-order valence-corrected chi connectivity index (χ3v) is 3.26. The molecule has 0 radical (unpaired) electrons. The number of alkyl halides is 3. The second kappa shape index (κ2) is 4.94. The summed E-state index contributed by atoms with van der Waals surface area (Å²) in [4.78, 5) is 0. The van der Waals surface area contributed by atoms with Gasteiger partial charge in [0.15, 0.2) is 0 Å². The molecule has 0 aliphatic rings. The molecule has 2 rings (SSSR count). The van der Waals surface area contributed by atoms with Crippen molar-refractivity contribution in [2.75, 3.05) is 5.73 Å². The van der Waals surface area contributed by atoms with E-state index in [9.17, 15) is 13.2 Å². The van der Waals surface area contributed by atoms with Gasteiger partial charge in [0.05, 0.1) is 16.3 Å². The summed E-state index contributed by atoms with van der Waals surface area (Å²) in [5.74, 6) is 0. The van der Waals surface area contributed by atoms with Gasteiger partial charge in [0.2, 0.25) is 0 Å². The Morgan fingerprint density at radius 1 is 0.947 bits per heavy atom. The van der Waals surface area contributed by atoms with Crippen molar-refractivity contribution < 1.29 is 13.2 Å². The SMILES string of the molecule is Nc1c(Cl)cc(-c2ccccc2Cl)cc1C(F)(F)F. The summed E-state index contributed by atoms with van der Waals surface area (Å²) in [6, 6.07) is 8.89. The number of halogens is 5. The van der Waals surface area contributed by atoms with Gasteiger partial charge >= 0.3 is 6.18 Å². The lowest BCUT2D eigenvalue weighted by Gasteiger charge is -2.14. The van der Waals surface area contributed by atoms with E-state index >= 15 is 0 Å². The standard InChI is InChI=1S/C13H8Cl2F3N/c14-10-4-2-1-3-8(10)7-5-9(13(16,17)18)12(19)11(15)6-7/h1-6H,19H2. The van der Waals surface area contributed by atoms with Crippen molar-refractivity contribution in [3.05, 3.63) is 52.0 Å². The molecule has 0 saturated carbocycles. The van der Waals surface area contributed by atoms with E-state index in [0.29, 0.717) is 10.6 Å². The largest absolute Gasteiger partial charge is 0.418 e. The van der Waals surface area contributed by atoms with Gasteiger partial charge in [0.1, 0.15) is 0 Å². The summed E-state index contributed by atoms with van der Waals surface area (Å²) in [7, 11) is 0. The molecule has 0 saturated heterocycles. The molecule has 0 aliphatic carbocycles. The van der Waals surface area contributed by atoms with Crippen molar-refractivity contribution in [3.8, 4) is 11.1 Å². The van der Waals surface area contributed by atoms with E-state index in [1.807, 2.05) is 0 Å². The fourth-order valence-electron chi connectivity index (χ4n) is 1.70. The van der Waals surface area contributed by atoms with E-state index in [4.69, 9.17) is 28.9 Å². The number of hydrogen-bond acceptors (Lipinski definition) is 1. The molecule has 19 heavy (non-hydrogen) atoms. The zero-order valence-electron chi connectivity index (χ0n) is 9.43. The van der Waals surface area contributed by atoms with Crippen LogP contribution in [0.1, 0.15) is 5.56 Å². The number of anilines is 1. The first-order valence-corrected chi connectivity index (χ1v) is 5.97. The van der Waals surface area contributed by atoms with Crippen LogP contribution < -0.4 is 5.73 Å². The van der Waals surface area contributed by atoms with Gasteiger partial charge < -0.3 is 5.73 Å². The van der Waals surface area contributed by atoms with E-state index in [1.54, 1.807) is 24.3 Å². The maximum atomic E-state index is 12.9. The average Bonchev–Trinajstić information content (AvgIpc) is 2.31. The van der Waals surface area contributed by atoms with Gasteiger partial charge in [0, 0.05) is 10.6 Å². The number of hydrogen-bond donors (Lipinski definition) is 1. The lowest BCUT2D eigenvalue weighted by molar-refractivity contribution is -0.136. The van der Waals surface area contributed by atoms with Crippen LogP contribution in [0.3, 0.4) is 0 Å². The Hall–Kier alpha value is -1.39. The van der Waals surface area contributed by atoms with Gasteiger partial charge in [-0.1, -0.05) is 41.4 Å². The van der Waals surface area contributed by atoms with Gasteiger partial charge in [0.25, 0.3) is 0 Å². The second-order valence-electron chi connectivity index (χ2n) is 3.90. The summed E-state index contributed by atoms with van der Waals surface area (Å²) in [5, 5.41) is 0.196. The molecule has 6 heteroatoms. The van der Waals surface area contributed by atoms with Gasteiger partial charge in [-0.15, -0.1) is 0 Å². The average molecular weight is 306 g/mol. The zero-order chi connectivity index (χ0) is 14.2. The Morgan fingerprint density at radius 3 is 2.16 bits per heavy atom. The highest BCUT2D eigenvalue weighted by molar-refractivity contribution is 6.34. The van der Waals surface area contributed by atoms with E-state index in [2.05, 4.69) is 0 Å². The van der Waals surface area contributed by atoms with Crippen LogP contribution in [0.15, 0.2) is 36.4 Å². The van der Waals surface area contributed by atoms with E-state index < -0.39 is 17.4 Å². The van der Waals surface area contributed by atoms with Gasteiger partial charge in [-0.3, -0.25) is 0 Å². The lowest BCUT2D eigenvalue weighted by Crippen LogP contribution is -2.09. The lowest BCUT2D eigenvalue weighted by atomic mass is 10.0. The first kappa shape index (κ1) is 14.0. The third-order valence-electron chi connectivity index (χ3n) is 2.62. The molecule has 100 valence electrons. The molecular weight excluding hydrogens is 298 g/mol. The van der Waals surface area contributed by atoms with Crippen molar-refractivity contribution in [3.63, 3.8) is 0 Å². The van der Waals surface area contributed by atoms with Gasteiger partial charge in [-0.2, -0.15) is 13.2 Å². The minimum absolute atomic E-state index is 0.148. The molecule has 0 amide bonds. The van der Waals surface area contributed by atoms with Crippen molar-refractivity contribution in [1.29, 1.82) is 0 Å². The topological polar surface area (TPSA) is 26.0 Å². The smallest absolute Gasteiger partial charge is 0.397 e. The zero-order valence-corrected chi connectivity index (χ0v) is 10.9. The van der Waals surface area contributed by atoms with Crippen LogP contribution in [0.5, 0.6) is 0 Å². The quantitative estimate of drug-likeness (QED) is 0.714. The van der Waals surface area contributed by atoms with Crippen LogP contribution in [0.25, 0.3) is 11.1 Å². The molecule has 2 aromatic rings. The maximum Gasteiger partial charge on any atom is 0.418 e. The Bertz CT molecular complexity index is 624. The normalized spacial score (nSPS) is 11.6. The van der Waals surface area contributed by atoms with Crippen molar-refractivity contribution in [2.24, 2.45) is 0 Å². The van der Waals surface area contributed by atoms with E-state index in [-0.39, 0.29) is 10.6 Å². The Balaban J connectivity index is 2.68. The number of rotatable bonds is 1. The van der Waals surface area contributed by atoms with E-state index in [0.717, 1.165) is 6.07 Å². The third kappa shape index (κ3) is 2.80. The summed E-state index contributed by atoms with van der Waals surface area (Å²) >= 11 is 11.7. The molecule has 0 atom stereocenters. The number of nitrogen functional groups attached to an aromatic ring is 1. The number of benzene rings is 2. The molecule has 0 unspecified atom stereocenters. The summed E-state index contributed by atoms with van der Waals surface area (Å²) in [6.07, 6.45) is -4.56. The van der Waals surface area contributed by atoms with Crippen molar-refractivity contribution >= 4 is 28.9 Å². The predicted molar refractivity (Wildman–Crippen MR) is 71.3 cm³/mol. The van der Waals surface area contributed by atoms with Crippen LogP contribution in [0.2, 0.25) is 10.0 Å². The fourth-order valence-corrected chi connectivity index (χ4v) is 2.17. The highest BCUT2D eigenvalue weighted by Crippen LogP contribution is 2.41. The van der Waals surface area contributed by atoms with E-state index in [1.165, 1.54) is 6.07 Å². The molecule has 1 nitrogen and oxygen atoms in total. The molecular formula is C13H8Cl2F3N. The molecule has 0 fully saturated rings. The summed E-state index contributed by atoms with van der Waals surface area (Å²) < 4.78 is 38.6. The van der Waals surface area contributed by atoms with Gasteiger partial charge in [-0.05, 0) is 23.8 Å². The van der Waals surface area contributed by atoms with Crippen LogP contribution in [0.4, 0.5) is 18.9 Å². The first-order chi connectivity index (χ1) is 8.80. The highest BCUT2D eigenvalue weighted by atomic mass is 35.5. The van der Waals surface area contributed by atoms with Crippen molar-refractivity contribution in [2.45, 2.75) is 6.18 Å². The molecule has 0 heterocycles. The minimum Gasteiger partial charge on any atom is -0.397 e. The molecule has 2 aromatic carbocycles. The number of nitrogens with two attached hydrogens (primary N) is 1. The minimum atomic E-state index is -4.56. The highest BCUT2D eigenvalue weighted by Gasteiger charge is 2.34. The second-order valence-corrected chi connectivity index (χ2v) is 4.71. The monoisotopic (exact) mass is 305 g/mol. The molecule has 0 spiro atoms. The van der Waals surface area contributed by atoms with Crippen molar-refractivity contribution in [1.82, 2.24) is 0 Å². The van der Waals surface area contributed by atoms with Crippen LogP contribution in [0, 0.1) is 0 Å². The molecule has 0 aliphatic heterocycles. The molecule has 2 N–H and O–H groups in total. The Kier molecular flexibility index (Phi) is 3.65. The summed E-state index contributed by atoms with van der Waals surface area (Å²) in [6.45, 7) is 0. The first-order valence-electron chi connectivity index (χ1n) is 5.22. The summed E-state index contributed by atoms with van der Waals surface area (Å²) in [5.41, 5.74) is 4.67. The van der Waals surface area contributed by atoms with Crippen LogP contribution in [-0.2, 0) is 6.18 Å².